The summed E-state index contributed by atoms with van der Waals surface area (Å²) < 4.78 is 4.00. The first-order chi connectivity index (χ1) is 12.7. The van der Waals surface area contributed by atoms with Gasteiger partial charge in [0.2, 0.25) is 0 Å². The molecule has 0 spiro atoms. The van der Waals surface area contributed by atoms with E-state index in [1.807, 2.05) is 36.7 Å². The largest absolute Gasteiger partial charge is 0.359 e. The van der Waals surface area contributed by atoms with Gasteiger partial charge in [-0.15, -0.1) is 0 Å². The predicted octanol–water partition coefficient (Wildman–Crippen LogP) is 4.33. The summed E-state index contributed by atoms with van der Waals surface area (Å²) in [6.45, 7) is 4.08. The van der Waals surface area contributed by atoms with Gasteiger partial charge in [0.25, 0.3) is 0 Å². The van der Waals surface area contributed by atoms with Crippen molar-refractivity contribution in [2.45, 2.75) is 20.0 Å². The molecule has 2 aromatic carbocycles. The molecule has 0 unspecified atom stereocenters. The number of nitrogens with one attached hydrogen (secondary N) is 1. The van der Waals surface area contributed by atoms with Gasteiger partial charge in [-0.05, 0) is 38.1 Å². The van der Waals surface area contributed by atoms with Crippen LogP contribution < -0.4 is 5.32 Å². The maximum Gasteiger partial charge on any atom is 0.150 e. The Labute approximate surface area is 151 Å². The molecule has 5 rings (SSSR count). The normalized spacial score (nSPS) is 15.2. The summed E-state index contributed by atoms with van der Waals surface area (Å²) in [6.07, 6.45) is 2.02. The Morgan fingerprint density at radius 2 is 1.69 bits per heavy atom. The third kappa shape index (κ3) is 2.24. The first-order valence-electron chi connectivity index (χ1n) is 8.74. The van der Waals surface area contributed by atoms with Crippen LogP contribution in [-0.2, 0) is 0 Å². The first-order valence-corrected chi connectivity index (χ1v) is 8.74. The van der Waals surface area contributed by atoms with E-state index in [9.17, 15) is 0 Å². The van der Waals surface area contributed by atoms with Gasteiger partial charge in [0.1, 0.15) is 0 Å². The van der Waals surface area contributed by atoms with E-state index in [0.717, 1.165) is 34.0 Å². The Bertz CT molecular complexity index is 1090. The van der Waals surface area contributed by atoms with Crippen LogP contribution in [0.2, 0.25) is 0 Å². The van der Waals surface area contributed by atoms with E-state index in [1.165, 1.54) is 5.56 Å². The first kappa shape index (κ1) is 15.0. The van der Waals surface area contributed by atoms with E-state index in [2.05, 4.69) is 58.7 Å². The number of benzene rings is 2. The van der Waals surface area contributed by atoms with Crippen molar-refractivity contribution in [3.8, 4) is 16.9 Å². The van der Waals surface area contributed by atoms with Crippen LogP contribution in [0.4, 0.5) is 5.69 Å². The number of aromatic nitrogens is 4. The standard InChI is InChI=1S/C21H19N5/c1-14-12-20-17-10-6-7-11-19(17)22-21(26(20)23-14)18-13-25(24-15(18)2)16-8-4-3-5-9-16/h3-13,21-22H,1-2H3/t21-/m0/s1. The minimum atomic E-state index is -0.0777. The van der Waals surface area contributed by atoms with Crippen molar-refractivity contribution < 1.29 is 0 Å². The molecule has 0 saturated heterocycles. The minimum absolute atomic E-state index is 0.0777. The highest BCUT2D eigenvalue weighted by Gasteiger charge is 2.28. The Kier molecular flexibility index (Phi) is 3.22. The number of aryl methyl sites for hydroxylation is 2. The molecule has 0 radical (unpaired) electrons. The third-order valence-corrected chi connectivity index (χ3v) is 4.85. The van der Waals surface area contributed by atoms with Crippen molar-refractivity contribution in [1.82, 2.24) is 19.6 Å². The summed E-state index contributed by atoms with van der Waals surface area (Å²) in [5.74, 6) is 0. The van der Waals surface area contributed by atoms with Gasteiger partial charge in [0.05, 0.1) is 22.8 Å². The lowest BCUT2D eigenvalue weighted by molar-refractivity contribution is 0.569. The van der Waals surface area contributed by atoms with E-state index in [-0.39, 0.29) is 6.17 Å². The van der Waals surface area contributed by atoms with Crippen LogP contribution in [0.25, 0.3) is 16.9 Å². The zero-order valence-electron chi connectivity index (χ0n) is 14.7. The minimum Gasteiger partial charge on any atom is -0.359 e. The van der Waals surface area contributed by atoms with Crippen LogP contribution >= 0.6 is 0 Å². The summed E-state index contributed by atoms with van der Waals surface area (Å²) in [7, 11) is 0. The van der Waals surface area contributed by atoms with Crippen molar-refractivity contribution >= 4 is 5.69 Å². The molecule has 1 N–H and O–H groups in total. The molecule has 128 valence electrons. The molecule has 0 aliphatic carbocycles. The second-order valence-corrected chi connectivity index (χ2v) is 6.66. The number of rotatable bonds is 2. The molecule has 1 aliphatic rings. The highest BCUT2D eigenvalue weighted by atomic mass is 15.4. The lowest BCUT2D eigenvalue weighted by atomic mass is 10.0. The Hall–Kier alpha value is -3.34. The zero-order valence-corrected chi connectivity index (χ0v) is 14.7. The maximum absolute atomic E-state index is 4.75. The van der Waals surface area contributed by atoms with E-state index in [4.69, 9.17) is 10.2 Å². The fourth-order valence-electron chi connectivity index (χ4n) is 3.62. The summed E-state index contributed by atoms with van der Waals surface area (Å²) in [5.41, 5.74) is 7.60. The van der Waals surface area contributed by atoms with E-state index < -0.39 is 0 Å². The second-order valence-electron chi connectivity index (χ2n) is 6.66. The van der Waals surface area contributed by atoms with Gasteiger partial charge in [0.15, 0.2) is 6.17 Å². The van der Waals surface area contributed by atoms with Gasteiger partial charge in [-0.3, -0.25) is 0 Å². The quantitative estimate of drug-likeness (QED) is 0.590. The molecule has 1 aliphatic heterocycles. The van der Waals surface area contributed by atoms with Crippen LogP contribution in [0.3, 0.4) is 0 Å². The lowest BCUT2D eigenvalue weighted by Crippen LogP contribution is -2.25. The average molecular weight is 341 g/mol. The smallest absolute Gasteiger partial charge is 0.150 e. The Morgan fingerprint density at radius 3 is 2.54 bits per heavy atom. The molecule has 0 bridgehead atoms. The number of fused-ring (bicyclic) bond motifs is 3. The van der Waals surface area contributed by atoms with Gasteiger partial charge in [-0.2, -0.15) is 10.2 Å². The molecule has 0 saturated carbocycles. The fraction of sp³-hybridized carbons (Fsp3) is 0.143. The van der Waals surface area contributed by atoms with Gasteiger partial charge in [-0.25, -0.2) is 9.36 Å². The van der Waals surface area contributed by atoms with E-state index in [0.29, 0.717) is 0 Å². The molecule has 2 aromatic heterocycles. The van der Waals surface area contributed by atoms with Crippen molar-refractivity contribution in [3.05, 3.63) is 83.8 Å². The van der Waals surface area contributed by atoms with Crippen molar-refractivity contribution in [2.75, 3.05) is 5.32 Å². The van der Waals surface area contributed by atoms with Crippen molar-refractivity contribution in [3.63, 3.8) is 0 Å². The summed E-state index contributed by atoms with van der Waals surface area (Å²) in [4.78, 5) is 0. The summed E-state index contributed by atoms with van der Waals surface area (Å²) in [5, 5.41) is 13.1. The molecular formula is C21H19N5. The molecule has 5 heteroatoms. The summed E-state index contributed by atoms with van der Waals surface area (Å²) in [6, 6.07) is 20.7. The van der Waals surface area contributed by atoms with Gasteiger partial charge >= 0.3 is 0 Å². The molecule has 5 nitrogen and oxygen atoms in total. The number of nitrogens with zero attached hydrogens (tertiary/aromatic N) is 4. The Morgan fingerprint density at radius 1 is 0.923 bits per heavy atom. The zero-order chi connectivity index (χ0) is 17.7. The highest BCUT2D eigenvalue weighted by molar-refractivity contribution is 5.78. The Balaban J connectivity index is 1.65. The second kappa shape index (κ2) is 5.59. The number of anilines is 1. The summed E-state index contributed by atoms with van der Waals surface area (Å²) >= 11 is 0. The maximum atomic E-state index is 4.75. The average Bonchev–Trinajstić information content (AvgIpc) is 3.24. The fourth-order valence-corrected chi connectivity index (χ4v) is 3.62. The molecule has 26 heavy (non-hydrogen) atoms. The van der Waals surface area contributed by atoms with Gasteiger partial charge < -0.3 is 5.32 Å². The van der Waals surface area contributed by atoms with Gasteiger partial charge in [-0.1, -0.05) is 36.4 Å². The molecule has 1 atom stereocenters. The predicted molar refractivity (Wildman–Crippen MR) is 102 cm³/mol. The van der Waals surface area contributed by atoms with Crippen LogP contribution in [-0.4, -0.2) is 19.6 Å². The van der Waals surface area contributed by atoms with Crippen LogP contribution in [0.1, 0.15) is 23.1 Å². The molecule has 0 amide bonds. The topological polar surface area (TPSA) is 47.7 Å². The molecular weight excluding hydrogens is 322 g/mol. The third-order valence-electron chi connectivity index (χ3n) is 4.85. The van der Waals surface area contributed by atoms with Crippen LogP contribution in [0, 0.1) is 13.8 Å². The molecule has 0 fully saturated rings. The van der Waals surface area contributed by atoms with Crippen LogP contribution in [0.5, 0.6) is 0 Å². The van der Waals surface area contributed by atoms with Crippen molar-refractivity contribution in [2.24, 2.45) is 0 Å². The van der Waals surface area contributed by atoms with Crippen molar-refractivity contribution in [1.29, 1.82) is 0 Å². The number of hydrogen-bond donors (Lipinski definition) is 1. The SMILES string of the molecule is Cc1cc2n(n1)[C@@H](c1cn(-c3ccccc3)nc1C)Nc1ccccc1-2. The van der Waals surface area contributed by atoms with Crippen LogP contribution in [0.15, 0.2) is 66.9 Å². The molecule has 4 aromatic rings. The monoisotopic (exact) mass is 341 g/mol. The van der Waals surface area contributed by atoms with E-state index in [1.54, 1.807) is 0 Å². The number of hydrogen-bond acceptors (Lipinski definition) is 3. The van der Waals surface area contributed by atoms with Gasteiger partial charge in [0, 0.05) is 23.0 Å². The lowest BCUT2D eigenvalue weighted by Gasteiger charge is -2.28. The highest BCUT2D eigenvalue weighted by Crippen LogP contribution is 2.39. The molecule has 3 heterocycles. The number of para-hydroxylation sites is 2. The van der Waals surface area contributed by atoms with E-state index >= 15 is 0 Å².